The molecule has 21 nitrogen and oxygen atoms in total. The molecule has 424 valence electrons. The van der Waals surface area contributed by atoms with E-state index in [2.05, 4.69) is 24.6 Å². The Kier molecular flexibility index (Phi) is 20.6. The summed E-state index contributed by atoms with van der Waals surface area (Å²) in [4.78, 5) is 18.7. The van der Waals surface area contributed by atoms with Gasteiger partial charge < -0.3 is 59.0 Å². The van der Waals surface area contributed by atoms with Crippen molar-refractivity contribution in [1.29, 1.82) is 0 Å². The lowest BCUT2D eigenvalue weighted by Gasteiger charge is -2.51. The normalized spacial score (nSPS) is 38.2. The van der Waals surface area contributed by atoms with Crippen molar-refractivity contribution < 1.29 is 62.4 Å². The summed E-state index contributed by atoms with van der Waals surface area (Å²) in [6, 6.07) is 5.47. The summed E-state index contributed by atoms with van der Waals surface area (Å²) >= 11 is 1.22. The van der Waals surface area contributed by atoms with E-state index in [1.165, 1.54) is 25.6 Å². The van der Waals surface area contributed by atoms with Gasteiger partial charge >= 0.3 is 5.97 Å². The molecule has 1 unspecified atom stereocenters. The van der Waals surface area contributed by atoms with E-state index in [1.54, 1.807) is 75.9 Å². The summed E-state index contributed by atoms with van der Waals surface area (Å²) in [7, 11) is 1.54. The third-order valence-electron chi connectivity index (χ3n) is 16.4. The maximum atomic E-state index is 14.6. The molecule has 3 aliphatic rings. The summed E-state index contributed by atoms with van der Waals surface area (Å²) in [5.41, 5.74) is -2.33. The van der Waals surface area contributed by atoms with Crippen LogP contribution < -0.4 is 4.72 Å². The number of aliphatic hydroxyl groups is 5. The summed E-state index contributed by atoms with van der Waals surface area (Å²) in [5, 5.41) is 74.6. The Bertz CT molecular complexity index is 2380. The molecule has 3 fully saturated rings. The second-order valence-corrected chi connectivity index (χ2v) is 24.9. The highest BCUT2D eigenvalue weighted by Crippen LogP contribution is 2.45. The molecule has 6 rings (SSSR count). The monoisotopic (exact) mass is 1090 g/mol. The number of cyclic esters (lactones) is 1. The standard InChI is InChI=1S/C52H86N8O13S2/c1-14-42-52(10,66)45(62)34(6)59(12)27-30(2)25-50(8,65)47(32(4)43(33(5)48(64)72-42)41-26-51(9,69-13)46(63)35(7)71-41)73-49-44(61)40(24-31(3)70-49)58(11)23-20-37-28-60(56-54-37)22-15-21-53-75(67,68)38-18-16-36(17-19-38)39-29-74-57-55-39/h16-19,28-35,40-47,49,53,61-63,65-66H,14-15,20-27H2,1-13H3/t30-,31-,32+,33-,34-,35+,40+,41?,42-,43+,44-,45-,46+,47-,49+,50-,51-,52-/m1/s1. The molecule has 2 aromatic heterocycles. The van der Waals surface area contributed by atoms with Gasteiger partial charge in [-0.25, -0.2) is 13.1 Å². The lowest BCUT2D eigenvalue weighted by molar-refractivity contribution is -0.302. The summed E-state index contributed by atoms with van der Waals surface area (Å²) in [5.74, 6) is -3.23. The number of hydrogen-bond acceptors (Lipinski definition) is 20. The number of nitrogens with one attached hydrogen (secondary N) is 1. The van der Waals surface area contributed by atoms with Gasteiger partial charge in [-0.15, -0.1) is 10.2 Å². The van der Waals surface area contributed by atoms with Gasteiger partial charge in [-0.3, -0.25) is 9.48 Å². The molecule has 18 atom stereocenters. The van der Waals surface area contributed by atoms with E-state index in [9.17, 15) is 38.7 Å². The first-order valence-corrected chi connectivity index (χ1v) is 28.8. The average molecular weight is 1100 g/mol. The minimum Gasteiger partial charge on any atom is -0.459 e. The molecule has 6 N–H and O–H groups in total. The number of methoxy groups -OCH3 is 1. The van der Waals surface area contributed by atoms with Crippen molar-refractivity contribution in [2.75, 3.05) is 40.8 Å². The molecule has 0 radical (unpaired) electrons. The highest BCUT2D eigenvalue weighted by atomic mass is 32.2. The Morgan fingerprint density at radius 1 is 0.987 bits per heavy atom. The van der Waals surface area contributed by atoms with Crippen molar-refractivity contribution in [3.63, 3.8) is 0 Å². The highest BCUT2D eigenvalue weighted by Gasteiger charge is 2.55. The van der Waals surface area contributed by atoms with Gasteiger partial charge in [0.2, 0.25) is 10.0 Å². The van der Waals surface area contributed by atoms with Gasteiger partial charge in [0.1, 0.15) is 35.7 Å². The minimum absolute atomic E-state index is 0.152. The molecule has 3 aromatic rings. The minimum atomic E-state index is -3.73. The molecule has 0 spiro atoms. The molecule has 3 aliphatic heterocycles. The van der Waals surface area contributed by atoms with Crippen LogP contribution in [0.3, 0.4) is 0 Å². The van der Waals surface area contributed by atoms with E-state index in [0.717, 1.165) is 5.56 Å². The number of aryl methyl sites for hydroxylation is 1. The number of likely N-dealkylation sites (N-methyl/N-ethyl adjacent to an activating group) is 2. The number of carbonyl (C=O) groups excluding carboxylic acids is 1. The number of carbonyl (C=O) groups is 1. The van der Waals surface area contributed by atoms with Crippen molar-refractivity contribution in [2.24, 2.45) is 23.7 Å². The van der Waals surface area contributed by atoms with Crippen LogP contribution in [0, 0.1) is 23.7 Å². The first-order chi connectivity index (χ1) is 35.1. The third-order valence-corrected chi connectivity index (χ3v) is 18.4. The van der Waals surface area contributed by atoms with Crippen LogP contribution in [0.15, 0.2) is 40.7 Å². The number of ether oxygens (including phenoxy) is 5. The first-order valence-electron chi connectivity index (χ1n) is 26.5. The number of esters is 1. The van der Waals surface area contributed by atoms with Gasteiger partial charge in [0.05, 0.1) is 52.1 Å². The number of nitrogens with zero attached hydrogens (tertiary/aromatic N) is 7. The molecular formula is C52H86N8O13S2. The molecule has 75 heavy (non-hydrogen) atoms. The Morgan fingerprint density at radius 2 is 1.68 bits per heavy atom. The predicted octanol–water partition coefficient (Wildman–Crippen LogP) is 3.27. The predicted molar refractivity (Wildman–Crippen MR) is 281 cm³/mol. The van der Waals surface area contributed by atoms with Crippen LogP contribution in [0.2, 0.25) is 0 Å². The van der Waals surface area contributed by atoms with Crippen LogP contribution in [0.1, 0.15) is 107 Å². The zero-order chi connectivity index (χ0) is 55.4. The van der Waals surface area contributed by atoms with Crippen molar-refractivity contribution in [3.8, 4) is 11.3 Å². The maximum Gasteiger partial charge on any atom is 0.309 e. The maximum absolute atomic E-state index is 14.6. The van der Waals surface area contributed by atoms with Gasteiger partial charge in [-0.2, -0.15) is 0 Å². The van der Waals surface area contributed by atoms with Gasteiger partial charge in [0, 0.05) is 81.3 Å². The van der Waals surface area contributed by atoms with E-state index in [-0.39, 0.29) is 42.7 Å². The second-order valence-electron chi connectivity index (χ2n) is 22.6. The highest BCUT2D eigenvalue weighted by molar-refractivity contribution is 7.89. The molecule has 0 amide bonds. The lowest BCUT2D eigenvalue weighted by Crippen LogP contribution is -2.62. The number of rotatable bonds is 16. The van der Waals surface area contributed by atoms with Gasteiger partial charge in [0.25, 0.3) is 0 Å². The van der Waals surface area contributed by atoms with Crippen LogP contribution in [0.5, 0.6) is 0 Å². The zero-order valence-corrected chi connectivity index (χ0v) is 47.8. The van der Waals surface area contributed by atoms with E-state index in [0.29, 0.717) is 50.3 Å². The van der Waals surface area contributed by atoms with Crippen molar-refractivity contribution in [3.05, 3.63) is 41.5 Å². The van der Waals surface area contributed by atoms with E-state index >= 15 is 0 Å². The average Bonchev–Trinajstić information content (AvgIpc) is 4.08. The van der Waals surface area contributed by atoms with Gasteiger partial charge in [-0.1, -0.05) is 49.5 Å². The smallest absolute Gasteiger partial charge is 0.309 e. The topological polar surface area (TPSA) is 274 Å². The van der Waals surface area contributed by atoms with Crippen molar-refractivity contribution in [1.82, 2.24) is 39.1 Å². The number of aromatic nitrogens is 5. The van der Waals surface area contributed by atoms with E-state index in [4.69, 9.17) is 23.7 Å². The molecule has 5 heterocycles. The van der Waals surface area contributed by atoms with Gasteiger partial charge in [-0.05, 0) is 117 Å². The largest absolute Gasteiger partial charge is 0.459 e. The quantitative estimate of drug-likeness (QED) is 0.0887. The van der Waals surface area contributed by atoms with Crippen LogP contribution in [-0.2, 0) is 51.5 Å². The van der Waals surface area contributed by atoms with Crippen LogP contribution >= 0.6 is 11.5 Å². The molecule has 0 aliphatic carbocycles. The second kappa shape index (κ2) is 25.3. The lowest BCUT2D eigenvalue weighted by atomic mass is 9.68. The number of sulfonamides is 1. The van der Waals surface area contributed by atoms with Crippen LogP contribution in [-0.4, -0.2) is 199 Å². The fourth-order valence-electron chi connectivity index (χ4n) is 11.9. The van der Waals surface area contributed by atoms with Gasteiger partial charge in [0.15, 0.2) is 6.29 Å². The van der Waals surface area contributed by atoms with Crippen molar-refractivity contribution >= 4 is 27.5 Å². The Labute approximate surface area is 447 Å². The molecule has 0 saturated carbocycles. The van der Waals surface area contributed by atoms with Crippen LogP contribution in [0.4, 0.5) is 0 Å². The number of hydrogen-bond donors (Lipinski definition) is 6. The molecule has 0 bridgehead atoms. The fraction of sp³-hybridized carbons (Fsp3) is 0.788. The van der Waals surface area contributed by atoms with Crippen LogP contribution in [0.25, 0.3) is 11.3 Å². The fourth-order valence-corrected chi connectivity index (χ4v) is 13.4. The molecule has 1 aromatic carbocycles. The first kappa shape index (κ1) is 61.1. The van der Waals surface area contributed by atoms with Crippen molar-refractivity contribution in [2.45, 2.75) is 203 Å². The Balaban J connectivity index is 1.18. The van der Waals surface area contributed by atoms with E-state index < -0.39 is 112 Å². The molecule has 3 saturated heterocycles. The summed E-state index contributed by atoms with van der Waals surface area (Å²) < 4.78 is 66.3. The third kappa shape index (κ3) is 14.4. The Hall–Kier alpha value is -3.14. The number of aliphatic hydroxyl groups excluding tert-OH is 3. The van der Waals surface area contributed by atoms with E-state index in [1.807, 2.05) is 50.9 Å². The molecular weight excluding hydrogens is 1010 g/mol. The summed E-state index contributed by atoms with van der Waals surface area (Å²) in [6.45, 7) is 19.4. The Morgan fingerprint density at radius 3 is 2.32 bits per heavy atom. The zero-order valence-electron chi connectivity index (χ0n) is 46.1. The summed E-state index contributed by atoms with van der Waals surface area (Å²) in [6.07, 6.45) is -4.83. The SMILES string of the molecule is CC[C@H]1OC(=O)[C@H](C)[C@@H](C2C[C@@](C)(OC)[C@@H](O)[C@H](C)O2)[C@H](C)[C@@H](O[C@@H]2O[C@H](C)C[C@H](N(C)CCc3cn(CCCNS(=O)(=O)c4ccc(-c5csnn5)cc4)nn3)[C@H]2O)[C@](C)(O)C[C@@H](C)CN(C)[C@H](C)[C@@H](O)[C@]1(C)O. The molecule has 23 heteroatoms. The number of benzene rings is 1.